The van der Waals surface area contributed by atoms with Crippen LogP contribution in [0.25, 0.3) is 0 Å². The number of nitrogens with zero attached hydrogens (tertiary/aromatic N) is 2. The van der Waals surface area contributed by atoms with E-state index < -0.39 is 0 Å². The van der Waals surface area contributed by atoms with E-state index in [0.717, 1.165) is 45.1 Å². The van der Waals surface area contributed by atoms with E-state index in [4.69, 9.17) is 4.74 Å². The summed E-state index contributed by atoms with van der Waals surface area (Å²) in [6, 6.07) is 8.25. The summed E-state index contributed by atoms with van der Waals surface area (Å²) in [5.74, 6) is 1.08. The van der Waals surface area contributed by atoms with E-state index >= 15 is 0 Å². The first kappa shape index (κ1) is 14.4. The number of para-hydroxylation sites is 1. The predicted octanol–water partition coefficient (Wildman–Crippen LogP) is 2.10. The molecule has 108 valence electrons. The number of aliphatic imine (C=N–C) groups is 2. The van der Waals surface area contributed by atoms with Crippen LogP contribution in [0.2, 0.25) is 0 Å². The number of aryl methyl sites for hydroxylation is 1. The molecule has 0 radical (unpaired) electrons. The van der Waals surface area contributed by atoms with Gasteiger partial charge in [-0.1, -0.05) is 18.2 Å². The van der Waals surface area contributed by atoms with Gasteiger partial charge in [0.1, 0.15) is 19.0 Å². The van der Waals surface area contributed by atoms with E-state index in [-0.39, 0.29) is 0 Å². The molecule has 0 spiro atoms. The van der Waals surface area contributed by atoms with Gasteiger partial charge in [0.05, 0.1) is 19.7 Å². The summed E-state index contributed by atoms with van der Waals surface area (Å²) in [6.45, 7) is 4.14. The van der Waals surface area contributed by atoms with Crippen LogP contribution in [0.3, 0.4) is 0 Å². The van der Waals surface area contributed by atoms with Crippen molar-refractivity contribution >= 4 is 12.8 Å². The lowest BCUT2D eigenvalue weighted by molar-refractivity contribution is 0.288. The summed E-state index contributed by atoms with van der Waals surface area (Å²) >= 11 is 0. The molecule has 3 aliphatic heterocycles. The fourth-order valence-corrected chi connectivity index (χ4v) is 1.82. The highest BCUT2D eigenvalue weighted by Crippen LogP contribution is 2.23. The van der Waals surface area contributed by atoms with Crippen molar-refractivity contribution in [3.63, 3.8) is 0 Å². The van der Waals surface area contributed by atoms with Crippen molar-refractivity contribution in [3.8, 4) is 5.75 Å². The zero-order valence-corrected chi connectivity index (χ0v) is 11.5. The van der Waals surface area contributed by atoms with Crippen LogP contribution in [-0.2, 0) is 15.9 Å². The van der Waals surface area contributed by atoms with Crippen molar-refractivity contribution in [3.05, 3.63) is 29.8 Å². The molecule has 0 fully saturated rings. The molecule has 0 aromatic heterocycles. The quantitative estimate of drug-likeness (QED) is 0.729. The van der Waals surface area contributed by atoms with Crippen LogP contribution < -0.4 is 4.74 Å². The molecule has 4 rings (SSSR count). The highest BCUT2D eigenvalue weighted by atomic mass is 16.5. The fraction of sp³-hybridized carbons (Fsp3) is 0.467. The summed E-state index contributed by atoms with van der Waals surface area (Å²) in [6.07, 6.45) is 5.31. The lowest BCUT2D eigenvalue weighted by Gasteiger charge is -2.15. The van der Waals surface area contributed by atoms with Gasteiger partial charge < -0.3 is 14.2 Å². The third-order valence-electron chi connectivity index (χ3n) is 2.80. The molecule has 5 nitrogen and oxygen atoms in total. The van der Waals surface area contributed by atoms with Crippen LogP contribution in [0.5, 0.6) is 5.75 Å². The third-order valence-corrected chi connectivity index (χ3v) is 2.80. The SMILES string of the molecule is C1=NCCO1.C1=NCCO1.c1ccc2c(c1)CCCO2. The lowest BCUT2D eigenvalue weighted by Crippen LogP contribution is -2.07. The molecule has 1 aromatic rings. The fourth-order valence-electron chi connectivity index (χ4n) is 1.82. The van der Waals surface area contributed by atoms with E-state index in [9.17, 15) is 0 Å². The number of rotatable bonds is 0. The topological polar surface area (TPSA) is 52.4 Å². The molecule has 0 atom stereocenters. The van der Waals surface area contributed by atoms with Gasteiger partial charge in [-0.15, -0.1) is 0 Å². The molecule has 0 N–H and O–H groups in total. The van der Waals surface area contributed by atoms with Crippen LogP contribution in [0.4, 0.5) is 0 Å². The Labute approximate surface area is 119 Å². The number of ether oxygens (including phenoxy) is 3. The molecule has 5 heteroatoms. The second-order valence-electron chi connectivity index (χ2n) is 4.32. The lowest BCUT2D eigenvalue weighted by atomic mass is 10.1. The second kappa shape index (κ2) is 8.96. The van der Waals surface area contributed by atoms with Crippen molar-refractivity contribution in [2.75, 3.05) is 32.9 Å². The maximum atomic E-state index is 5.42. The van der Waals surface area contributed by atoms with Crippen LogP contribution >= 0.6 is 0 Å². The summed E-state index contributed by atoms with van der Waals surface area (Å²) in [7, 11) is 0. The monoisotopic (exact) mass is 276 g/mol. The summed E-state index contributed by atoms with van der Waals surface area (Å²) in [5, 5.41) is 0. The highest BCUT2D eigenvalue weighted by molar-refractivity contribution is 5.48. The number of benzene rings is 1. The predicted molar refractivity (Wildman–Crippen MR) is 78.9 cm³/mol. The van der Waals surface area contributed by atoms with Crippen LogP contribution in [0, 0.1) is 0 Å². The van der Waals surface area contributed by atoms with Crippen LogP contribution in [0.1, 0.15) is 12.0 Å². The molecule has 20 heavy (non-hydrogen) atoms. The standard InChI is InChI=1S/C9H10O.2C3H5NO/c1-2-6-9-8(4-1)5-3-7-10-9;2*1-2-5-3-4-1/h1-2,4,6H,3,5,7H2;2*3H,1-2H2. The molecule has 0 aliphatic carbocycles. The minimum Gasteiger partial charge on any atom is -0.493 e. The average Bonchev–Trinajstić information content (AvgIpc) is 3.25. The Kier molecular flexibility index (Phi) is 6.44. The molecule has 0 saturated carbocycles. The largest absolute Gasteiger partial charge is 0.493 e. The van der Waals surface area contributed by atoms with E-state index in [1.165, 1.54) is 24.8 Å². The van der Waals surface area contributed by atoms with Gasteiger partial charge >= 0.3 is 0 Å². The maximum Gasteiger partial charge on any atom is 0.169 e. The van der Waals surface area contributed by atoms with Gasteiger partial charge in [-0.25, -0.2) is 0 Å². The molecule has 0 bridgehead atoms. The van der Waals surface area contributed by atoms with E-state index in [1.54, 1.807) is 0 Å². The van der Waals surface area contributed by atoms with E-state index in [0.29, 0.717) is 0 Å². The maximum absolute atomic E-state index is 5.42. The Bertz CT molecular complexity index is 393. The zero-order valence-electron chi connectivity index (χ0n) is 11.5. The first-order valence-corrected chi connectivity index (χ1v) is 6.87. The number of fused-ring (bicyclic) bond motifs is 1. The smallest absolute Gasteiger partial charge is 0.169 e. The van der Waals surface area contributed by atoms with Crippen molar-refractivity contribution in [1.82, 2.24) is 0 Å². The zero-order chi connectivity index (χ0) is 13.9. The second-order valence-corrected chi connectivity index (χ2v) is 4.32. The van der Waals surface area contributed by atoms with E-state index in [1.807, 2.05) is 12.1 Å². The first-order valence-electron chi connectivity index (χ1n) is 6.87. The number of hydrogen-bond acceptors (Lipinski definition) is 5. The molecule has 3 aliphatic rings. The molecule has 1 aromatic carbocycles. The average molecular weight is 276 g/mol. The van der Waals surface area contributed by atoms with Gasteiger partial charge in [0.2, 0.25) is 0 Å². The van der Waals surface area contributed by atoms with Crippen LogP contribution in [0.15, 0.2) is 34.3 Å². The van der Waals surface area contributed by atoms with Crippen molar-refractivity contribution in [1.29, 1.82) is 0 Å². The number of hydrogen-bond donors (Lipinski definition) is 0. The summed E-state index contributed by atoms with van der Waals surface area (Å²) in [5.41, 5.74) is 1.36. The van der Waals surface area contributed by atoms with Gasteiger partial charge in [0, 0.05) is 0 Å². The molecule has 3 heterocycles. The van der Waals surface area contributed by atoms with Crippen LogP contribution in [-0.4, -0.2) is 45.7 Å². The molecular weight excluding hydrogens is 256 g/mol. The highest BCUT2D eigenvalue weighted by Gasteiger charge is 2.06. The molecule has 0 unspecified atom stereocenters. The van der Waals surface area contributed by atoms with Gasteiger partial charge in [-0.2, -0.15) is 0 Å². The Morgan fingerprint density at radius 3 is 2.05 bits per heavy atom. The minimum absolute atomic E-state index is 0.778. The summed E-state index contributed by atoms with van der Waals surface area (Å²) in [4.78, 5) is 7.47. The minimum atomic E-state index is 0.778. The Balaban J connectivity index is 0.000000124. The van der Waals surface area contributed by atoms with Gasteiger partial charge in [-0.05, 0) is 24.5 Å². The van der Waals surface area contributed by atoms with Crippen molar-refractivity contribution in [2.45, 2.75) is 12.8 Å². The molecular formula is C15H20N2O3. The van der Waals surface area contributed by atoms with Crippen molar-refractivity contribution in [2.24, 2.45) is 9.98 Å². The van der Waals surface area contributed by atoms with E-state index in [2.05, 4.69) is 31.6 Å². The Morgan fingerprint density at radius 1 is 0.850 bits per heavy atom. The third kappa shape index (κ3) is 5.30. The van der Waals surface area contributed by atoms with Gasteiger partial charge in [0.15, 0.2) is 12.8 Å². The van der Waals surface area contributed by atoms with Gasteiger partial charge in [-0.3, -0.25) is 9.98 Å². The normalized spacial score (nSPS) is 17.4. The Morgan fingerprint density at radius 2 is 1.55 bits per heavy atom. The summed E-state index contributed by atoms with van der Waals surface area (Å²) < 4.78 is 14.7. The van der Waals surface area contributed by atoms with Crippen molar-refractivity contribution < 1.29 is 14.2 Å². The Hall–Kier alpha value is -2.04. The molecule has 0 saturated heterocycles. The first-order chi connectivity index (χ1) is 9.97. The molecule has 0 amide bonds. The van der Waals surface area contributed by atoms with Gasteiger partial charge in [0.25, 0.3) is 0 Å².